The topological polar surface area (TPSA) is 79.9 Å². The second kappa shape index (κ2) is 8.43. The normalized spacial score (nSPS) is 16.9. The van der Waals surface area contributed by atoms with Crippen molar-refractivity contribution in [1.82, 2.24) is 9.63 Å². The molecule has 1 N–H and O–H groups in total. The molecule has 0 radical (unpaired) electrons. The first kappa shape index (κ1) is 20.9. The van der Waals surface area contributed by atoms with Gasteiger partial charge in [-0.2, -0.15) is 4.99 Å². The van der Waals surface area contributed by atoms with E-state index in [0.717, 1.165) is 34.0 Å². The van der Waals surface area contributed by atoms with Crippen molar-refractivity contribution in [2.24, 2.45) is 4.99 Å². The molecule has 160 valence electrons. The zero-order valence-corrected chi connectivity index (χ0v) is 18.4. The van der Waals surface area contributed by atoms with E-state index in [2.05, 4.69) is 4.99 Å². The highest BCUT2D eigenvalue weighted by Crippen LogP contribution is 2.26. The molecule has 2 aliphatic rings. The minimum atomic E-state index is -0.449. The quantitative estimate of drug-likeness (QED) is 0.524. The molecule has 1 aromatic heterocycles. The van der Waals surface area contributed by atoms with Crippen molar-refractivity contribution < 1.29 is 14.4 Å². The average Bonchev–Trinajstić information content (AvgIpc) is 3.32. The highest BCUT2D eigenvalue weighted by molar-refractivity contribution is 6.32. The number of amidine groups is 2. The van der Waals surface area contributed by atoms with Crippen LogP contribution in [0, 0.1) is 19.3 Å². The maximum atomic E-state index is 12.4. The van der Waals surface area contributed by atoms with Crippen molar-refractivity contribution in [2.75, 3.05) is 6.61 Å². The number of aliphatic imine (C=N–C) groups is 1. The lowest BCUT2D eigenvalue weighted by atomic mass is 10.1. The molecule has 0 unspecified atom stereocenters. The predicted octanol–water partition coefficient (Wildman–Crippen LogP) is 4.68. The van der Waals surface area contributed by atoms with E-state index >= 15 is 0 Å². The van der Waals surface area contributed by atoms with Gasteiger partial charge < -0.3 is 14.1 Å². The van der Waals surface area contributed by atoms with Crippen LogP contribution in [-0.4, -0.2) is 33.8 Å². The van der Waals surface area contributed by atoms with E-state index in [4.69, 9.17) is 26.6 Å². The number of rotatable bonds is 6. The van der Waals surface area contributed by atoms with Crippen LogP contribution in [0.25, 0.3) is 6.08 Å². The lowest BCUT2D eigenvalue weighted by molar-refractivity contribution is -0.114. The molecule has 8 heteroatoms. The molecule has 2 aliphatic heterocycles. The minimum Gasteiger partial charge on any atom is -0.494 e. The van der Waals surface area contributed by atoms with E-state index in [1.165, 1.54) is 5.06 Å². The number of hydrogen-bond acceptors (Lipinski definition) is 4. The molecule has 0 aliphatic carbocycles. The molecule has 0 bridgehead atoms. The molecule has 1 aromatic carbocycles. The molecular formula is C23H23ClN4O3. The van der Waals surface area contributed by atoms with E-state index < -0.39 is 5.91 Å². The number of nitrogens with zero attached hydrogens (tertiary/aromatic N) is 3. The van der Waals surface area contributed by atoms with Crippen LogP contribution in [-0.2, 0) is 16.2 Å². The molecule has 0 fully saturated rings. The average molecular weight is 439 g/mol. The number of halogens is 1. The number of carbonyl (C=O) groups is 1. The van der Waals surface area contributed by atoms with Gasteiger partial charge in [-0.05, 0) is 68.7 Å². The molecule has 0 saturated carbocycles. The molecule has 4 rings (SSSR count). The smallest absolute Gasteiger partial charge is 0.283 e. The van der Waals surface area contributed by atoms with Gasteiger partial charge >= 0.3 is 0 Å². The van der Waals surface area contributed by atoms with Crippen LogP contribution in [0.2, 0.25) is 5.02 Å². The molecule has 3 heterocycles. The summed E-state index contributed by atoms with van der Waals surface area (Å²) in [6.45, 7) is 6.92. The number of aromatic nitrogens is 1. The van der Waals surface area contributed by atoms with Crippen LogP contribution in [0.15, 0.2) is 52.9 Å². The van der Waals surface area contributed by atoms with Gasteiger partial charge in [-0.3, -0.25) is 10.2 Å². The summed E-state index contributed by atoms with van der Waals surface area (Å²) in [4.78, 5) is 21.9. The number of benzene rings is 1. The molecule has 0 saturated heterocycles. The van der Waals surface area contributed by atoms with Crippen LogP contribution in [0.5, 0.6) is 5.75 Å². The summed E-state index contributed by atoms with van der Waals surface area (Å²) in [5, 5.41) is 10.4. The van der Waals surface area contributed by atoms with Gasteiger partial charge in [-0.25, -0.2) is 0 Å². The number of hydrogen-bond donors (Lipinski definition) is 1. The Kier molecular flexibility index (Phi) is 5.69. The molecular weight excluding hydrogens is 416 g/mol. The largest absolute Gasteiger partial charge is 0.494 e. The Bertz CT molecular complexity index is 1140. The zero-order chi connectivity index (χ0) is 22.1. The monoisotopic (exact) mass is 438 g/mol. The number of aryl methyl sites for hydroxylation is 3. The van der Waals surface area contributed by atoms with Gasteiger partial charge in [0.05, 0.1) is 12.2 Å². The molecule has 0 spiro atoms. The first-order valence-corrected chi connectivity index (χ1v) is 10.4. The van der Waals surface area contributed by atoms with Crippen LogP contribution < -0.4 is 4.74 Å². The highest BCUT2D eigenvalue weighted by atomic mass is 35.5. The number of ether oxygens (including phenoxy) is 1. The lowest BCUT2D eigenvalue weighted by Gasteiger charge is -2.23. The van der Waals surface area contributed by atoms with Gasteiger partial charge in [-0.1, -0.05) is 11.6 Å². The van der Waals surface area contributed by atoms with E-state index in [1.54, 1.807) is 19.1 Å². The maximum absolute atomic E-state index is 12.4. The fourth-order valence-corrected chi connectivity index (χ4v) is 3.63. The fraction of sp³-hybridized carbons (Fsp3) is 0.261. The number of hydroxylamine groups is 2. The van der Waals surface area contributed by atoms with Crippen molar-refractivity contribution in [3.63, 3.8) is 0 Å². The van der Waals surface area contributed by atoms with Crippen molar-refractivity contribution in [1.29, 1.82) is 5.41 Å². The first-order chi connectivity index (χ1) is 14.8. The summed E-state index contributed by atoms with van der Waals surface area (Å²) >= 11 is 6.21. The molecule has 2 aromatic rings. The Balaban J connectivity index is 1.41. The van der Waals surface area contributed by atoms with Gasteiger partial charge in [0, 0.05) is 29.5 Å². The van der Waals surface area contributed by atoms with Crippen LogP contribution in [0.1, 0.15) is 30.2 Å². The van der Waals surface area contributed by atoms with E-state index in [1.807, 2.05) is 48.9 Å². The number of amides is 1. The summed E-state index contributed by atoms with van der Waals surface area (Å²) in [7, 11) is 0. The van der Waals surface area contributed by atoms with Crippen molar-refractivity contribution >= 4 is 35.3 Å². The van der Waals surface area contributed by atoms with Gasteiger partial charge in [-0.15, -0.1) is 5.06 Å². The Morgan fingerprint density at radius 3 is 2.74 bits per heavy atom. The molecule has 31 heavy (non-hydrogen) atoms. The predicted molar refractivity (Wildman–Crippen MR) is 120 cm³/mol. The third-order valence-electron chi connectivity index (χ3n) is 5.06. The summed E-state index contributed by atoms with van der Waals surface area (Å²) in [6, 6.07) is 7.68. The van der Waals surface area contributed by atoms with Crippen LogP contribution >= 0.6 is 11.6 Å². The van der Waals surface area contributed by atoms with Crippen molar-refractivity contribution in [2.45, 2.75) is 33.7 Å². The Morgan fingerprint density at radius 2 is 2.00 bits per heavy atom. The van der Waals surface area contributed by atoms with Gasteiger partial charge in [0.25, 0.3) is 5.91 Å². The zero-order valence-electron chi connectivity index (χ0n) is 17.6. The highest BCUT2D eigenvalue weighted by Gasteiger charge is 2.34. The molecule has 0 atom stereocenters. The first-order valence-electron chi connectivity index (χ1n) is 9.98. The maximum Gasteiger partial charge on any atom is 0.283 e. The third kappa shape index (κ3) is 4.27. The standard InChI is InChI=1S/C23H23ClN4O3/c1-14-10-18(11-15(2)21(14)24)30-9-5-8-27-7-4-6-17(27)13-19-22(25)28-20(26-23(19)29)12-16(3)31-28/h4,6-7,10-13,25H,5,8-9H2,1-3H3/b19-13+,25-22?. The SMILES string of the molecule is CC1=CC2=NC(=O)/C(=C/c3cccn3CCCOc3cc(C)c(Cl)c(C)c3)C(=N)N2O1. The summed E-state index contributed by atoms with van der Waals surface area (Å²) in [5.74, 6) is 1.26. The van der Waals surface area contributed by atoms with Crippen molar-refractivity contribution in [3.05, 3.63) is 69.7 Å². The lowest BCUT2D eigenvalue weighted by Crippen LogP contribution is -2.38. The number of fused-ring (bicyclic) bond motifs is 1. The second-order valence-electron chi connectivity index (χ2n) is 7.52. The van der Waals surface area contributed by atoms with E-state index in [-0.39, 0.29) is 11.4 Å². The minimum absolute atomic E-state index is 0.0207. The third-order valence-corrected chi connectivity index (χ3v) is 5.66. The Hall–Kier alpha value is -3.32. The van der Waals surface area contributed by atoms with E-state index in [9.17, 15) is 4.79 Å². The molecule has 1 amide bonds. The number of allylic oxidation sites excluding steroid dienone is 1. The van der Waals surface area contributed by atoms with Crippen LogP contribution in [0.4, 0.5) is 0 Å². The number of nitrogens with one attached hydrogen (secondary N) is 1. The fourth-order valence-electron chi connectivity index (χ4n) is 3.52. The molecule has 7 nitrogen and oxygen atoms in total. The Morgan fingerprint density at radius 1 is 1.26 bits per heavy atom. The van der Waals surface area contributed by atoms with Crippen molar-refractivity contribution in [3.8, 4) is 5.75 Å². The summed E-state index contributed by atoms with van der Waals surface area (Å²) in [5.41, 5.74) is 2.99. The van der Waals surface area contributed by atoms with E-state index in [0.29, 0.717) is 24.7 Å². The summed E-state index contributed by atoms with van der Waals surface area (Å²) < 4.78 is 7.90. The van der Waals surface area contributed by atoms with Gasteiger partial charge in [0.15, 0.2) is 11.7 Å². The van der Waals surface area contributed by atoms with Gasteiger partial charge in [0.2, 0.25) is 0 Å². The second-order valence-corrected chi connectivity index (χ2v) is 7.90. The Labute approximate surface area is 185 Å². The van der Waals surface area contributed by atoms with Gasteiger partial charge in [0.1, 0.15) is 11.5 Å². The van der Waals surface area contributed by atoms with Crippen LogP contribution in [0.3, 0.4) is 0 Å². The number of carbonyl (C=O) groups excluding carboxylic acids is 1. The summed E-state index contributed by atoms with van der Waals surface area (Å²) in [6.07, 6.45) is 6.02.